The molecule has 5 rings (SSSR count). The van der Waals surface area contributed by atoms with Crippen molar-refractivity contribution in [2.75, 3.05) is 13.1 Å². The summed E-state index contributed by atoms with van der Waals surface area (Å²) in [5.41, 5.74) is 4.87. The number of fused-ring (bicyclic) bond motifs is 1. The van der Waals surface area contributed by atoms with Crippen molar-refractivity contribution in [1.82, 2.24) is 24.5 Å². The topological polar surface area (TPSA) is 63.4 Å². The van der Waals surface area contributed by atoms with Gasteiger partial charge in [-0.15, -0.1) is 0 Å². The first-order valence-corrected chi connectivity index (χ1v) is 9.80. The van der Waals surface area contributed by atoms with Crippen LogP contribution >= 0.6 is 0 Å². The molecule has 1 aliphatic heterocycles. The number of nitrogens with zero attached hydrogens (tertiary/aromatic N) is 5. The molecular formula is C23H21N5O. The van der Waals surface area contributed by atoms with Crippen LogP contribution in [0, 0.1) is 6.92 Å². The van der Waals surface area contributed by atoms with Crippen molar-refractivity contribution in [3.63, 3.8) is 0 Å². The first kappa shape index (κ1) is 17.6. The predicted molar refractivity (Wildman–Crippen MR) is 111 cm³/mol. The predicted octanol–water partition coefficient (Wildman–Crippen LogP) is 3.73. The molecular weight excluding hydrogens is 362 g/mol. The Morgan fingerprint density at radius 1 is 1.00 bits per heavy atom. The van der Waals surface area contributed by atoms with Gasteiger partial charge in [-0.05, 0) is 55.3 Å². The van der Waals surface area contributed by atoms with Gasteiger partial charge in [-0.25, -0.2) is 9.50 Å². The number of benzene rings is 1. The summed E-state index contributed by atoms with van der Waals surface area (Å²) in [6, 6.07) is 15.7. The van der Waals surface area contributed by atoms with Crippen LogP contribution < -0.4 is 0 Å². The molecule has 4 heterocycles. The Morgan fingerprint density at radius 2 is 1.79 bits per heavy atom. The van der Waals surface area contributed by atoms with Crippen molar-refractivity contribution >= 4 is 11.6 Å². The van der Waals surface area contributed by atoms with E-state index in [0.29, 0.717) is 6.54 Å². The molecule has 1 aromatic carbocycles. The van der Waals surface area contributed by atoms with Crippen LogP contribution in [0.1, 0.15) is 34.1 Å². The quantitative estimate of drug-likeness (QED) is 0.541. The second-order valence-corrected chi connectivity index (χ2v) is 7.53. The number of amides is 1. The first-order valence-electron chi connectivity index (χ1n) is 9.80. The summed E-state index contributed by atoms with van der Waals surface area (Å²) in [6.07, 6.45) is 6.44. The van der Waals surface area contributed by atoms with Gasteiger partial charge in [0, 0.05) is 48.7 Å². The van der Waals surface area contributed by atoms with E-state index in [9.17, 15) is 4.79 Å². The van der Waals surface area contributed by atoms with E-state index in [0.717, 1.165) is 46.7 Å². The van der Waals surface area contributed by atoms with Crippen LogP contribution in [0.5, 0.6) is 0 Å². The van der Waals surface area contributed by atoms with Gasteiger partial charge in [0.2, 0.25) is 0 Å². The number of rotatable bonds is 3. The summed E-state index contributed by atoms with van der Waals surface area (Å²) >= 11 is 0. The lowest BCUT2D eigenvalue weighted by Crippen LogP contribution is -2.28. The highest BCUT2D eigenvalue weighted by Crippen LogP contribution is 2.27. The van der Waals surface area contributed by atoms with Gasteiger partial charge in [-0.3, -0.25) is 9.78 Å². The Hall–Kier alpha value is -3.54. The van der Waals surface area contributed by atoms with Crippen molar-refractivity contribution in [2.45, 2.75) is 19.3 Å². The molecule has 0 saturated carbocycles. The fraction of sp³-hybridized carbons (Fsp3) is 0.217. The third kappa shape index (κ3) is 3.38. The maximum Gasteiger partial charge on any atom is 0.253 e. The van der Waals surface area contributed by atoms with Crippen molar-refractivity contribution < 1.29 is 4.79 Å². The molecule has 4 aromatic rings. The minimum Gasteiger partial charge on any atom is -0.338 e. The van der Waals surface area contributed by atoms with Crippen molar-refractivity contribution in [3.05, 3.63) is 84.1 Å². The largest absolute Gasteiger partial charge is 0.338 e. The third-order valence-corrected chi connectivity index (χ3v) is 5.50. The fourth-order valence-corrected chi connectivity index (χ4v) is 3.82. The summed E-state index contributed by atoms with van der Waals surface area (Å²) < 4.78 is 1.83. The molecule has 0 radical (unpaired) electrons. The fourth-order valence-electron chi connectivity index (χ4n) is 3.82. The highest BCUT2D eigenvalue weighted by molar-refractivity contribution is 5.94. The number of hydrogen-bond donors (Lipinski definition) is 0. The van der Waals surface area contributed by atoms with Crippen molar-refractivity contribution in [3.8, 4) is 11.1 Å². The smallest absolute Gasteiger partial charge is 0.253 e. The zero-order valence-electron chi connectivity index (χ0n) is 16.2. The molecule has 0 aliphatic carbocycles. The summed E-state index contributed by atoms with van der Waals surface area (Å²) in [6.45, 7) is 3.41. The van der Waals surface area contributed by atoms with Crippen LogP contribution in [0.25, 0.3) is 16.8 Å². The van der Waals surface area contributed by atoms with Gasteiger partial charge in [0.1, 0.15) is 0 Å². The van der Waals surface area contributed by atoms with Gasteiger partial charge in [0.15, 0.2) is 11.5 Å². The third-order valence-electron chi connectivity index (χ3n) is 5.50. The summed E-state index contributed by atoms with van der Waals surface area (Å²) in [5.74, 6) is 1.04. The van der Waals surface area contributed by atoms with Gasteiger partial charge in [-0.1, -0.05) is 17.7 Å². The van der Waals surface area contributed by atoms with Gasteiger partial charge in [0.05, 0.1) is 0 Å². The number of likely N-dealkylation sites (tertiary alicyclic amines) is 1. The average molecular weight is 383 g/mol. The van der Waals surface area contributed by atoms with Crippen LogP contribution in [0.15, 0.2) is 67.1 Å². The molecule has 3 aromatic heterocycles. The molecule has 0 unspecified atom stereocenters. The van der Waals surface area contributed by atoms with E-state index in [4.69, 9.17) is 10.1 Å². The Balaban J connectivity index is 1.36. The molecule has 1 saturated heterocycles. The maximum atomic E-state index is 12.8. The SMILES string of the molecule is Cc1ccc(C(=O)N2CC[C@@H](c3nc4ccc(-c5ccncc5)cn4n3)C2)cc1. The molecule has 144 valence electrons. The van der Waals surface area contributed by atoms with E-state index in [1.165, 1.54) is 0 Å². The zero-order valence-corrected chi connectivity index (χ0v) is 16.2. The van der Waals surface area contributed by atoms with Gasteiger partial charge in [-0.2, -0.15) is 5.10 Å². The molecule has 1 aliphatic rings. The van der Waals surface area contributed by atoms with E-state index in [1.807, 2.05) is 71.1 Å². The van der Waals surface area contributed by atoms with E-state index in [2.05, 4.69) is 4.98 Å². The molecule has 1 atom stereocenters. The zero-order chi connectivity index (χ0) is 19.8. The monoisotopic (exact) mass is 383 g/mol. The number of carbonyl (C=O) groups is 1. The minimum absolute atomic E-state index is 0.0798. The molecule has 6 nitrogen and oxygen atoms in total. The second kappa shape index (κ2) is 7.13. The summed E-state index contributed by atoms with van der Waals surface area (Å²) in [7, 11) is 0. The van der Waals surface area contributed by atoms with Gasteiger partial charge >= 0.3 is 0 Å². The summed E-state index contributed by atoms with van der Waals surface area (Å²) in [4.78, 5) is 23.5. The lowest BCUT2D eigenvalue weighted by atomic mass is 10.1. The highest BCUT2D eigenvalue weighted by atomic mass is 16.2. The molecule has 1 amide bonds. The second-order valence-electron chi connectivity index (χ2n) is 7.53. The number of hydrogen-bond acceptors (Lipinski definition) is 4. The average Bonchev–Trinajstić information content (AvgIpc) is 3.41. The van der Waals surface area contributed by atoms with E-state index in [-0.39, 0.29) is 11.8 Å². The standard InChI is InChI=1S/C23H21N5O/c1-16-2-4-18(5-3-16)23(29)27-13-10-20(14-27)22-25-21-7-6-19(15-28(21)26-22)17-8-11-24-12-9-17/h2-9,11-12,15,20H,10,13-14H2,1H3/t20-/m1/s1. The normalized spacial score (nSPS) is 16.4. The van der Waals surface area contributed by atoms with Gasteiger partial charge < -0.3 is 4.90 Å². The lowest BCUT2D eigenvalue weighted by molar-refractivity contribution is 0.0790. The van der Waals surface area contributed by atoms with Gasteiger partial charge in [0.25, 0.3) is 5.91 Å². The maximum absolute atomic E-state index is 12.8. The summed E-state index contributed by atoms with van der Waals surface area (Å²) in [5, 5.41) is 4.71. The molecule has 0 spiro atoms. The number of pyridine rings is 2. The molecule has 29 heavy (non-hydrogen) atoms. The molecule has 1 fully saturated rings. The van der Waals surface area contributed by atoms with E-state index < -0.39 is 0 Å². The van der Waals surface area contributed by atoms with Crippen LogP contribution in [-0.4, -0.2) is 43.5 Å². The Morgan fingerprint density at radius 3 is 2.59 bits per heavy atom. The van der Waals surface area contributed by atoms with Crippen LogP contribution in [0.3, 0.4) is 0 Å². The van der Waals surface area contributed by atoms with Crippen molar-refractivity contribution in [1.29, 1.82) is 0 Å². The number of aryl methyl sites for hydroxylation is 1. The van der Waals surface area contributed by atoms with Crippen LogP contribution in [0.2, 0.25) is 0 Å². The van der Waals surface area contributed by atoms with Crippen molar-refractivity contribution in [2.24, 2.45) is 0 Å². The molecule has 6 heteroatoms. The first-order chi connectivity index (χ1) is 14.2. The van der Waals surface area contributed by atoms with Crippen LogP contribution in [0.4, 0.5) is 0 Å². The molecule has 0 N–H and O–H groups in total. The minimum atomic E-state index is 0.0798. The Kier molecular flexibility index (Phi) is 4.31. The van der Waals surface area contributed by atoms with E-state index in [1.54, 1.807) is 12.4 Å². The van der Waals surface area contributed by atoms with E-state index >= 15 is 0 Å². The van der Waals surface area contributed by atoms with Crippen LogP contribution in [-0.2, 0) is 0 Å². The number of carbonyl (C=O) groups excluding carboxylic acids is 1. The Labute approximate surface area is 168 Å². The molecule has 0 bridgehead atoms. The number of aromatic nitrogens is 4. The highest BCUT2D eigenvalue weighted by Gasteiger charge is 2.30. The Bertz CT molecular complexity index is 1170. The lowest BCUT2D eigenvalue weighted by Gasteiger charge is -2.16.